The number of rotatable bonds is 5. The van der Waals surface area contributed by atoms with Crippen molar-refractivity contribution in [3.05, 3.63) is 59.5 Å². The van der Waals surface area contributed by atoms with Crippen molar-refractivity contribution in [3.63, 3.8) is 0 Å². The van der Waals surface area contributed by atoms with Gasteiger partial charge in [-0.3, -0.25) is 9.59 Å². The van der Waals surface area contributed by atoms with Crippen molar-refractivity contribution in [1.29, 1.82) is 0 Å². The number of nitrogens with zero attached hydrogens (tertiary/aromatic N) is 4. The van der Waals surface area contributed by atoms with Crippen LogP contribution in [0.4, 0.5) is 10.2 Å². The molecule has 0 spiro atoms. The van der Waals surface area contributed by atoms with Crippen molar-refractivity contribution in [2.24, 2.45) is 5.41 Å². The highest BCUT2D eigenvalue weighted by Crippen LogP contribution is 2.40. The average molecular weight is 453 g/mol. The largest absolute Gasteiger partial charge is 0.363 e. The molecule has 33 heavy (non-hydrogen) atoms. The number of amides is 2. The van der Waals surface area contributed by atoms with E-state index in [1.54, 1.807) is 23.1 Å². The van der Waals surface area contributed by atoms with Crippen LogP contribution in [0.1, 0.15) is 49.8 Å². The van der Waals surface area contributed by atoms with Gasteiger partial charge in [-0.15, -0.1) is 0 Å². The van der Waals surface area contributed by atoms with Gasteiger partial charge >= 0.3 is 0 Å². The first-order chi connectivity index (χ1) is 15.8. The summed E-state index contributed by atoms with van der Waals surface area (Å²) < 4.78 is 13.9. The molecule has 7 heteroatoms. The number of piperidine rings is 1. The number of benzene rings is 1. The number of pyridine rings is 1. The molecule has 1 unspecified atom stereocenters. The van der Waals surface area contributed by atoms with E-state index in [0.29, 0.717) is 31.5 Å². The molecule has 0 saturated carbocycles. The molecule has 0 aliphatic carbocycles. The Bertz CT molecular complexity index is 1020. The summed E-state index contributed by atoms with van der Waals surface area (Å²) in [7, 11) is 3.93. The molecule has 3 heterocycles. The van der Waals surface area contributed by atoms with Gasteiger partial charge in [0.2, 0.25) is 11.8 Å². The number of halogens is 1. The Labute approximate surface area is 195 Å². The summed E-state index contributed by atoms with van der Waals surface area (Å²) in [5.41, 5.74) is 1.05. The second-order valence-electron chi connectivity index (χ2n) is 9.71. The van der Waals surface area contributed by atoms with Gasteiger partial charge in [-0.05, 0) is 55.0 Å². The van der Waals surface area contributed by atoms with E-state index >= 15 is 0 Å². The summed E-state index contributed by atoms with van der Waals surface area (Å²) in [5, 5.41) is 0. The van der Waals surface area contributed by atoms with Crippen LogP contribution in [0.3, 0.4) is 0 Å². The maximum Gasteiger partial charge on any atom is 0.229 e. The Balaban J connectivity index is 1.41. The summed E-state index contributed by atoms with van der Waals surface area (Å²) in [4.78, 5) is 36.6. The van der Waals surface area contributed by atoms with Crippen LogP contribution >= 0.6 is 0 Å². The highest BCUT2D eigenvalue weighted by atomic mass is 19.1. The molecule has 2 amide bonds. The topological polar surface area (TPSA) is 56.8 Å². The maximum atomic E-state index is 13.9. The zero-order valence-corrected chi connectivity index (χ0v) is 19.8. The van der Waals surface area contributed by atoms with Crippen molar-refractivity contribution in [1.82, 2.24) is 14.8 Å². The molecule has 1 aromatic heterocycles. The molecule has 0 bridgehead atoms. The van der Waals surface area contributed by atoms with E-state index in [-0.39, 0.29) is 30.1 Å². The first-order valence-corrected chi connectivity index (χ1v) is 11.7. The molecule has 1 atom stereocenters. The third kappa shape index (κ3) is 4.87. The normalized spacial score (nSPS) is 20.1. The Morgan fingerprint density at radius 2 is 1.88 bits per heavy atom. The lowest BCUT2D eigenvalue weighted by molar-refractivity contribution is -0.148. The predicted molar refractivity (Wildman–Crippen MR) is 126 cm³/mol. The molecule has 2 aliphatic heterocycles. The van der Waals surface area contributed by atoms with Crippen LogP contribution in [0.2, 0.25) is 0 Å². The fraction of sp³-hybridized carbons (Fsp3) is 0.500. The predicted octanol–water partition coefficient (Wildman–Crippen LogP) is 3.82. The molecule has 6 nitrogen and oxygen atoms in total. The fourth-order valence-corrected chi connectivity index (χ4v) is 4.97. The van der Waals surface area contributed by atoms with Crippen LogP contribution in [-0.2, 0) is 16.0 Å². The third-order valence-corrected chi connectivity index (χ3v) is 7.16. The van der Waals surface area contributed by atoms with Gasteiger partial charge < -0.3 is 14.7 Å². The molecule has 0 radical (unpaired) electrons. The van der Waals surface area contributed by atoms with Gasteiger partial charge in [0, 0.05) is 45.3 Å². The molecule has 0 N–H and O–H groups in total. The molecule has 2 aliphatic rings. The van der Waals surface area contributed by atoms with Gasteiger partial charge in [0.15, 0.2) is 0 Å². The first-order valence-electron chi connectivity index (χ1n) is 11.7. The highest BCUT2D eigenvalue weighted by Gasteiger charge is 2.43. The van der Waals surface area contributed by atoms with Crippen LogP contribution < -0.4 is 4.90 Å². The monoisotopic (exact) mass is 452 g/mol. The number of hydrogen-bond donors (Lipinski definition) is 0. The first kappa shape index (κ1) is 23.2. The number of carbonyl (C=O) groups is 2. The van der Waals surface area contributed by atoms with Gasteiger partial charge in [0.25, 0.3) is 0 Å². The van der Waals surface area contributed by atoms with Gasteiger partial charge in [-0.2, -0.15) is 0 Å². The highest BCUT2D eigenvalue weighted by molar-refractivity contribution is 5.84. The van der Waals surface area contributed by atoms with E-state index in [2.05, 4.69) is 11.1 Å². The van der Waals surface area contributed by atoms with Gasteiger partial charge in [0.05, 0.1) is 12.5 Å². The molecular formula is C26H33FN4O2. The second-order valence-corrected chi connectivity index (χ2v) is 9.71. The number of anilines is 1. The second kappa shape index (κ2) is 9.49. The van der Waals surface area contributed by atoms with Crippen molar-refractivity contribution < 1.29 is 14.0 Å². The fourth-order valence-electron chi connectivity index (χ4n) is 4.97. The van der Waals surface area contributed by atoms with E-state index in [4.69, 9.17) is 0 Å². The van der Waals surface area contributed by atoms with Crippen molar-refractivity contribution in [2.75, 3.05) is 38.6 Å². The van der Waals surface area contributed by atoms with E-state index in [1.807, 2.05) is 43.1 Å². The quantitative estimate of drug-likeness (QED) is 0.692. The Hall–Kier alpha value is -2.96. The Morgan fingerprint density at radius 3 is 2.58 bits per heavy atom. The minimum Gasteiger partial charge on any atom is -0.363 e. The number of carbonyl (C=O) groups excluding carboxylic acids is 2. The summed E-state index contributed by atoms with van der Waals surface area (Å²) >= 11 is 0. The zero-order chi connectivity index (χ0) is 23.6. The van der Waals surface area contributed by atoms with E-state index in [1.165, 1.54) is 6.07 Å². The smallest absolute Gasteiger partial charge is 0.229 e. The lowest BCUT2D eigenvalue weighted by Gasteiger charge is -2.41. The lowest BCUT2D eigenvalue weighted by Crippen LogP contribution is -2.50. The molecule has 2 aromatic rings. The molecule has 176 valence electrons. The minimum absolute atomic E-state index is 0.0573. The van der Waals surface area contributed by atoms with Gasteiger partial charge in [0.1, 0.15) is 11.6 Å². The van der Waals surface area contributed by atoms with Crippen LogP contribution in [0.5, 0.6) is 0 Å². The van der Waals surface area contributed by atoms with Crippen molar-refractivity contribution in [3.8, 4) is 0 Å². The Kier molecular flexibility index (Phi) is 6.68. The number of likely N-dealkylation sites (tertiary alicyclic amines) is 2. The van der Waals surface area contributed by atoms with Gasteiger partial charge in [-0.25, -0.2) is 9.37 Å². The van der Waals surface area contributed by atoms with Crippen molar-refractivity contribution in [2.45, 2.75) is 45.1 Å². The van der Waals surface area contributed by atoms with E-state index in [9.17, 15) is 14.0 Å². The molecular weight excluding hydrogens is 419 g/mol. The number of hydrogen-bond acceptors (Lipinski definition) is 4. The summed E-state index contributed by atoms with van der Waals surface area (Å²) in [5.74, 6) is 0.632. The third-order valence-electron chi connectivity index (χ3n) is 7.16. The molecule has 1 aromatic carbocycles. The lowest BCUT2D eigenvalue weighted by atomic mass is 9.78. The van der Waals surface area contributed by atoms with Crippen LogP contribution in [0.25, 0.3) is 0 Å². The van der Waals surface area contributed by atoms with Crippen LogP contribution in [-0.4, -0.2) is 60.3 Å². The maximum absolute atomic E-state index is 13.9. The molecule has 2 fully saturated rings. The summed E-state index contributed by atoms with van der Waals surface area (Å²) in [6.45, 7) is 3.83. The Morgan fingerprint density at radius 1 is 1.15 bits per heavy atom. The molecule has 2 saturated heterocycles. The molecule has 4 rings (SSSR count). The van der Waals surface area contributed by atoms with Crippen molar-refractivity contribution >= 4 is 17.6 Å². The zero-order valence-electron chi connectivity index (χ0n) is 19.8. The average Bonchev–Trinajstić information content (AvgIpc) is 3.30. The minimum atomic E-state index is -0.491. The SMILES string of the molecule is CN(C)c1cc(C2CCCN2C(=O)C2(C)CCN(C(=O)Cc3ccccc3F)CC2)ccn1. The number of aromatic nitrogens is 1. The van der Waals surface area contributed by atoms with E-state index in [0.717, 1.165) is 30.8 Å². The van der Waals surface area contributed by atoms with E-state index < -0.39 is 5.41 Å². The summed E-state index contributed by atoms with van der Waals surface area (Å²) in [6.07, 6.45) is 5.05. The van der Waals surface area contributed by atoms with Crippen LogP contribution in [0, 0.1) is 11.2 Å². The van der Waals surface area contributed by atoms with Gasteiger partial charge in [-0.1, -0.05) is 25.1 Å². The standard InChI is InChI=1S/C26H33FN4O2/c1-26(11-15-30(16-12-26)24(32)18-19-7-4-5-8-21(19)27)25(33)31-14-6-9-22(31)20-10-13-28-23(17-20)29(2)3/h4-5,7-8,10,13,17,22H,6,9,11-12,14-16,18H2,1-3H3. The van der Waals surface area contributed by atoms with Crippen LogP contribution in [0.15, 0.2) is 42.6 Å². The summed E-state index contributed by atoms with van der Waals surface area (Å²) in [6, 6.07) is 10.5.